The zero-order valence-electron chi connectivity index (χ0n) is 12.4. The molecule has 0 aliphatic rings. The summed E-state index contributed by atoms with van der Waals surface area (Å²) >= 11 is 0. The minimum atomic E-state index is -0.0278. The third kappa shape index (κ3) is 3.51. The van der Waals surface area contributed by atoms with Crippen LogP contribution in [-0.2, 0) is 0 Å². The Bertz CT molecular complexity index is 649. The fraction of sp³-hybridized carbons (Fsp3) is 0.250. The van der Waals surface area contributed by atoms with Crippen molar-refractivity contribution in [2.45, 2.75) is 26.7 Å². The number of aromatic nitrogens is 1. The zero-order valence-corrected chi connectivity index (χ0v) is 12.4. The smallest absolute Gasteiger partial charge is 0.188 e. The van der Waals surface area contributed by atoms with Gasteiger partial charge in [-0.3, -0.25) is 0 Å². The molecule has 110 valence electrons. The fourth-order valence-corrected chi connectivity index (χ4v) is 1.98. The molecule has 3 N–H and O–H groups in total. The summed E-state index contributed by atoms with van der Waals surface area (Å²) in [6.07, 6.45) is 1.56. The molecule has 0 saturated carbocycles. The Hall–Kier alpha value is -2.56. The lowest BCUT2D eigenvalue weighted by atomic mass is 10.0. The van der Waals surface area contributed by atoms with Gasteiger partial charge in [-0.1, -0.05) is 31.1 Å². The third-order valence-electron chi connectivity index (χ3n) is 3.13. The Morgan fingerprint density at radius 2 is 2.05 bits per heavy atom. The summed E-state index contributed by atoms with van der Waals surface area (Å²) in [5.41, 5.74) is 8.15. The molecule has 1 aromatic heterocycles. The van der Waals surface area contributed by atoms with E-state index in [1.54, 1.807) is 18.3 Å². The van der Waals surface area contributed by atoms with Gasteiger partial charge in [-0.15, -0.1) is 0 Å². The predicted molar refractivity (Wildman–Crippen MR) is 82.1 cm³/mol. The van der Waals surface area contributed by atoms with E-state index in [1.807, 2.05) is 13.0 Å². The summed E-state index contributed by atoms with van der Waals surface area (Å²) in [5, 5.41) is 11.5. The van der Waals surface area contributed by atoms with Gasteiger partial charge in [0.15, 0.2) is 5.84 Å². The lowest BCUT2D eigenvalue weighted by Crippen LogP contribution is -2.14. The molecule has 5 nitrogen and oxygen atoms in total. The van der Waals surface area contributed by atoms with Crippen molar-refractivity contribution in [1.82, 2.24) is 4.98 Å². The van der Waals surface area contributed by atoms with E-state index in [-0.39, 0.29) is 5.84 Å². The van der Waals surface area contributed by atoms with Gasteiger partial charge in [0.1, 0.15) is 17.2 Å². The lowest BCUT2D eigenvalue weighted by molar-refractivity contribution is 0.318. The normalized spacial score (nSPS) is 11.7. The maximum atomic E-state index is 8.61. The molecule has 0 amide bonds. The predicted octanol–water partition coefficient (Wildman–Crippen LogP) is 3.40. The van der Waals surface area contributed by atoms with Crippen LogP contribution in [-0.4, -0.2) is 16.0 Å². The van der Waals surface area contributed by atoms with Gasteiger partial charge >= 0.3 is 0 Å². The summed E-state index contributed by atoms with van der Waals surface area (Å²) in [6.45, 7) is 6.27. The zero-order chi connectivity index (χ0) is 15.4. The van der Waals surface area contributed by atoms with Crippen LogP contribution in [0, 0.1) is 6.92 Å². The van der Waals surface area contributed by atoms with Gasteiger partial charge in [0, 0.05) is 0 Å². The SMILES string of the molecule is Cc1ccc(C(C)C)c(Oc2ccc(/C(N)=N/O)nc2)c1. The van der Waals surface area contributed by atoms with E-state index in [2.05, 4.69) is 36.1 Å². The van der Waals surface area contributed by atoms with Gasteiger partial charge in [-0.05, 0) is 42.2 Å². The number of nitrogens with two attached hydrogens (primary N) is 1. The molecule has 0 aliphatic carbocycles. The molecule has 1 heterocycles. The van der Waals surface area contributed by atoms with Crippen LogP contribution >= 0.6 is 0 Å². The average Bonchev–Trinajstić information content (AvgIpc) is 2.47. The number of hydrogen-bond acceptors (Lipinski definition) is 4. The molecular formula is C16H19N3O2. The highest BCUT2D eigenvalue weighted by molar-refractivity contribution is 5.95. The lowest BCUT2D eigenvalue weighted by Gasteiger charge is -2.14. The molecule has 0 bridgehead atoms. The number of nitrogens with zero attached hydrogens (tertiary/aromatic N) is 2. The summed E-state index contributed by atoms with van der Waals surface area (Å²) in [6, 6.07) is 9.55. The Morgan fingerprint density at radius 1 is 1.29 bits per heavy atom. The van der Waals surface area contributed by atoms with Gasteiger partial charge in [-0.2, -0.15) is 0 Å². The van der Waals surface area contributed by atoms with E-state index in [9.17, 15) is 0 Å². The standard InChI is InChI=1S/C16H19N3O2/c1-10(2)13-6-4-11(3)8-15(13)21-12-5-7-14(18-9-12)16(17)19-20/h4-10,20H,1-3H3,(H2,17,19). The monoisotopic (exact) mass is 285 g/mol. The Balaban J connectivity index is 2.28. The average molecular weight is 285 g/mol. The molecule has 0 unspecified atom stereocenters. The quantitative estimate of drug-likeness (QED) is 0.390. The largest absolute Gasteiger partial charge is 0.455 e. The van der Waals surface area contributed by atoms with Crippen LogP contribution in [0.5, 0.6) is 11.5 Å². The van der Waals surface area contributed by atoms with Crippen molar-refractivity contribution in [3.8, 4) is 11.5 Å². The highest BCUT2D eigenvalue weighted by Crippen LogP contribution is 2.31. The van der Waals surface area contributed by atoms with Crippen molar-refractivity contribution >= 4 is 5.84 Å². The van der Waals surface area contributed by atoms with Crippen LogP contribution in [0.1, 0.15) is 36.6 Å². The Labute approximate surface area is 124 Å². The Kier molecular flexibility index (Phi) is 4.42. The second kappa shape index (κ2) is 6.26. The summed E-state index contributed by atoms with van der Waals surface area (Å²) in [4.78, 5) is 4.10. The number of ether oxygens (including phenoxy) is 1. The van der Waals surface area contributed by atoms with Crippen LogP contribution in [0.4, 0.5) is 0 Å². The second-order valence-electron chi connectivity index (χ2n) is 5.16. The molecule has 0 spiro atoms. The topological polar surface area (TPSA) is 80.7 Å². The first-order valence-corrected chi connectivity index (χ1v) is 6.73. The fourth-order valence-electron chi connectivity index (χ4n) is 1.98. The van der Waals surface area contributed by atoms with Crippen molar-refractivity contribution in [3.63, 3.8) is 0 Å². The van der Waals surface area contributed by atoms with Crippen molar-refractivity contribution in [3.05, 3.63) is 53.3 Å². The van der Waals surface area contributed by atoms with E-state index < -0.39 is 0 Å². The first kappa shape index (κ1) is 14.8. The summed E-state index contributed by atoms with van der Waals surface area (Å²) in [7, 11) is 0. The molecule has 21 heavy (non-hydrogen) atoms. The van der Waals surface area contributed by atoms with Crippen molar-refractivity contribution in [2.24, 2.45) is 10.9 Å². The number of hydrogen-bond donors (Lipinski definition) is 2. The number of pyridine rings is 1. The van der Waals surface area contributed by atoms with E-state index in [4.69, 9.17) is 15.7 Å². The van der Waals surface area contributed by atoms with Crippen LogP contribution < -0.4 is 10.5 Å². The van der Waals surface area contributed by atoms with E-state index in [0.717, 1.165) is 16.9 Å². The molecule has 2 aromatic rings. The van der Waals surface area contributed by atoms with Crippen LogP contribution in [0.25, 0.3) is 0 Å². The first-order chi connectivity index (χ1) is 10.0. The van der Waals surface area contributed by atoms with E-state index in [1.165, 1.54) is 0 Å². The van der Waals surface area contributed by atoms with Crippen molar-refractivity contribution in [1.29, 1.82) is 0 Å². The van der Waals surface area contributed by atoms with Gasteiger partial charge < -0.3 is 15.7 Å². The van der Waals surface area contributed by atoms with Gasteiger partial charge in [0.2, 0.25) is 0 Å². The van der Waals surface area contributed by atoms with E-state index in [0.29, 0.717) is 17.4 Å². The number of oxime groups is 1. The maximum Gasteiger partial charge on any atom is 0.188 e. The van der Waals surface area contributed by atoms with Gasteiger partial charge in [-0.25, -0.2) is 4.98 Å². The summed E-state index contributed by atoms with van der Waals surface area (Å²) in [5.74, 6) is 1.77. The third-order valence-corrected chi connectivity index (χ3v) is 3.13. The first-order valence-electron chi connectivity index (χ1n) is 6.73. The van der Waals surface area contributed by atoms with Gasteiger partial charge in [0.05, 0.1) is 6.20 Å². The van der Waals surface area contributed by atoms with Crippen LogP contribution in [0.2, 0.25) is 0 Å². The minimum absolute atomic E-state index is 0.0278. The minimum Gasteiger partial charge on any atom is -0.455 e. The van der Waals surface area contributed by atoms with Crippen LogP contribution in [0.3, 0.4) is 0 Å². The highest BCUT2D eigenvalue weighted by Gasteiger charge is 2.10. The molecule has 1 aromatic carbocycles. The molecular weight excluding hydrogens is 266 g/mol. The summed E-state index contributed by atoms with van der Waals surface area (Å²) < 4.78 is 5.91. The number of rotatable bonds is 4. The molecule has 0 saturated heterocycles. The molecule has 2 rings (SSSR count). The molecule has 5 heteroatoms. The molecule has 0 atom stereocenters. The van der Waals surface area contributed by atoms with Gasteiger partial charge in [0.25, 0.3) is 0 Å². The van der Waals surface area contributed by atoms with Crippen molar-refractivity contribution < 1.29 is 9.94 Å². The van der Waals surface area contributed by atoms with Crippen molar-refractivity contribution in [2.75, 3.05) is 0 Å². The second-order valence-corrected chi connectivity index (χ2v) is 5.16. The maximum absolute atomic E-state index is 8.61. The number of benzene rings is 1. The number of amidine groups is 1. The van der Waals surface area contributed by atoms with Crippen LogP contribution in [0.15, 0.2) is 41.7 Å². The number of aryl methyl sites for hydroxylation is 1. The molecule has 0 radical (unpaired) electrons. The Morgan fingerprint density at radius 3 is 2.62 bits per heavy atom. The molecule has 0 aliphatic heterocycles. The van der Waals surface area contributed by atoms with E-state index >= 15 is 0 Å². The highest BCUT2D eigenvalue weighted by atomic mass is 16.5. The molecule has 0 fully saturated rings.